The number of anilines is 1. The predicted octanol–water partition coefficient (Wildman–Crippen LogP) is 2.79. The fourth-order valence-electron chi connectivity index (χ4n) is 1.36. The van der Waals surface area contributed by atoms with Gasteiger partial charge in [-0.1, -0.05) is 29.3 Å². The number of aromatic nitrogens is 4. The largest absolute Gasteiger partial charge is 0.358 e. The van der Waals surface area contributed by atoms with Crippen LogP contribution in [0.25, 0.3) is 5.57 Å². The second-order valence-electron chi connectivity index (χ2n) is 3.60. The second-order valence-corrected chi connectivity index (χ2v) is 4.39. The first-order chi connectivity index (χ1) is 9.13. The number of aryl methyl sites for hydroxylation is 1. The van der Waals surface area contributed by atoms with Crippen molar-refractivity contribution in [3.05, 3.63) is 39.8 Å². The highest BCUT2D eigenvalue weighted by atomic mass is 35.5. The van der Waals surface area contributed by atoms with Crippen LogP contribution in [0.15, 0.2) is 18.3 Å². The van der Waals surface area contributed by atoms with Crippen molar-refractivity contribution < 1.29 is 0 Å². The van der Waals surface area contributed by atoms with Crippen molar-refractivity contribution in [2.45, 2.75) is 6.92 Å². The van der Waals surface area contributed by atoms with Crippen molar-refractivity contribution in [3.63, 3.8) is 0 Å². The topological polar surface area (TPSA) is 90.3 Å². The maximum atomic E-state index is 9.02. The zero-order valence-corrected chi connectivity index (χ0v) is 11.3. The molecule has 0 amide bonds. The number of halogens is 2. The lowest BCUT2D eigenvalue weighted by Gasteiger charge is -2.08. The number of nitrogens with one attached hydrogen (secondary N) is 2. The van der Waals surface area contributed by atoms with Crippen molar-refractivity contribution in [2.24, 2.45) is 0 Å². The molecule has 2 aromatic rings. The van der Waals surface area contributed by atoms with E-state index in [1.54, 1.807) is 6.07 Å². The number of H-pyrrole nitrogens is 1. The van der Waals surface area contributed by atoms with Gasteiger partial charge in [-0.05, 0) is 23.8 Å². The van der Waals surface area contributed by atoms with Crippen LogP contribution in [0, 0.1) is 18.3 Å². The third-order valence-corrected chi connectivity index (χ3v) is 3.15. The van der Waals surface area contributed by atoms with Gasteiger partial charge in [-0.15, -0.1) is 10.2 Å². The van der Waals surface area contributed by atoms with E-state index in [4.69, 9.17) is 28.5 Å². The van der Waals surface area contributed by atoms with E-state index in [1.807, 2.05) is 19.1 Å². The number of allylic oxidation sites excluding steroid dienone is 1. The minimum atomic E-state index is 0.190. The molecule has 0 radical (unpaired) electrons. The molecule has 0 saturated heterocycles. The number of benzene rings is 1. The molecule has 2 rings (SSSR count). The van der Waals surface area contributed by atoms with Crippen LogP contribution in [0.1, 0.15) is 11.4 Å². The average molecular weight is 295 g/mol. The van der Waals surface area contributed by atoms with Crippen molar-refractivity contribution >= 4 is 34.5 Å². The van der Waals surface area contributed by atoms with Gasteiger partial charge in [0.1, 0.15) is 11.6 Å². The van der Waals surface area contributed by atoms with E-state index in [9.17, 15) is 0 Å². The quantitative estimate of drug-likeness (QED) is 0.850. The summed E-state index contributed by atoms with van der Waals surface area (Å²) in [6.07, 6.45) is 1.43. The van der Waals surface area contributed by atoms with Crippen LogP contribution < -0.4 is 5.32 Å². The van der Waals surface area contributed by atoms with E-state index < -0.39 is 0 Å². The van der Waals surface area contributed by atoms with E-state index in [0.717, 1.165) is 5.56 Å². The number of rotatable bonds is 3. The summed E-state index contributed by atoms with van der Waals surface area (Å²) in [5.74, 6) is 0.190. The van der Waals surface area contributed by atoms with Crippen LogP contribution in [0.2, 0.25) is 10.0 Å². The molecular weight excluding hydrogens is 287 g/mol. The minimum Gasteiger partial charge on any atom is -0.358 e. The van der Waals surface area contributed by atoms with Gasteiger partial charge in [0.2, 0.25) is 5.82 Å². The molecule has 2 N–H and O–H groups in total. The maximum absolute atomic E-state index is 9.02. The Hall–Kier alpha value is -2.10. The molecule has 19 heavy (non-hydrogen) atoms. The van der Waals surface area contributed by atoms with Crippen molar-refractivity contribution in [3.8, 4) is 6.07 Å². The lowest BCUT2D eigenvalue weighted by atomic mass is 10.2. The zero-order chi connectivity index (χ0) is 13.8. The molecular formula is C11H8Cl2N6. The first-order valence-electron chi connectivity index (χ1n) is 5.18. The van der Waals surface area contributed by atoms with E-state index in [2.05, 4.69) is 25.9 Å². The molecule has 0 bridgehead atoms. The predicted molar refractivity (Wildman–Crippen MR) is 72.6 cm³/mol. The lowest BCUT2D eigenvalue weighted by molar-refractivity contribution is 0.881. The Labute approximate surface area is 119 Å². The average Bonchev–Trinajstić information content (AvgIpc) is 2.92. The summed E-state index contributed by atoms with van der Waals surface area (Å²) in [6, 6.07) is 5.49. The number of hydrogen-bond donors (Lipinski definition) is 2. The van der Waals surface area contributed by atoms with Crippen LogP contribution in [-0.4, -0.2) is 20.6 Å². The van der Waals surface area contributed by atoms with Gasteiger partial charge in [0.25, 0.3) is 0 Å². The minimum absolute atomic E-state index is 0.190. The summed E-state index contributed by atoms with van der Waals surface area (Å²) in [5, 5.41) is 26.0. The van der Waals surface area contributed by atoms with Crippen molar-refractivity contribution in [1.82, 2.24) is 20.6 Å². The first-order valence-corrected chi connectivity index (χ1v) is 5.94. The molecule has 0 atom stereocenters. The molecule has 1 aromatic carbocycles. The lowest BCUT2D eigenvalue weighted by Crippen LogP contribution is -1.95. The Balaban J connectivity index is 2.32. The SMILES string of the molecule is Cc1ccc(Cl)c(NC=C(C#N)c2nn[nH]n2)c1Cl. The summed E-state index contributed by atoms with van der Waals surface area (Å²) in [7, 11) is 0. The van der Waals surface area contributed by atoms with Gasteiger partial charge in [-0.25, -0.2) is 0 Å². The fraction of sp³-hybridized carbons (Fsp3) is 0.0909. The molecule has 8 heteroatoms. The third kappa shape index (κ3) is 2.84. The van der Waals surface area contributed by atoms with Gasteiger partial charge in [-0.3, -0.25) is 0 Å². The van der Waals surface area contributed by atoms with Crippen LogP contribution in [0.4, 0.5) is 5.69 Å². The second kappa shape index (κ2) is 5.69. The van der Waals surface area contributed by atoms with E-state index >= 15 is 0 Å². The third-order valence-electron chi connectivity index (χ3n) is 2.35. The van der Waals surface area contributed by atoms with Crippen LogP contribution in [0.5, 0.6) is 0 Å². The highest BCUT2D eigenvalue weighted by Crippen LogP contribution is 2.33. The standard InChI is InChI=1S/C11H8Cl2N6/c1-6-2-3-8(12)10(9(6)13)15-5-7(4-14)11-16-18-19-17-11/h2-3,5,15H,1H3,(H,16,17,18,19). The normalized spacial score (nSPS) is 11.2. The summed E-state index contributed by atoms with van der Waals surface area (Å²) in [5.41, 5.74) is 1.61. The first kappa shape index (κ1) is 13.3. The molecule has 0 aliphatic carbocycles. The van der Waals surface area contributed by atoms with Gasteiger partial charge >= 0.3 is 0 Å². The van der Waals surface area contributed by atoms with Gasteiger partial charge in [0.15, 0.2) is 0 Å². The Morgan fingerprint density at radius 2 is 2.26 bits per heavy atom. The summed E-state index contributed by atoms with van der Waals surface area (Å²) < 4.78 is 0. The summed E-state index contributed by atoms with van der Waals surface area (Å²) in [4.78, 5) is 0. The van der Waals surface area contributed by atoms with Gasteiger partial charge < -0.3 is 5.32 Å². The van der Waals surface area contributed by atoms with E-state index in [-0.39, 0.29) is 11.4 Å². The highest BCUT2D eigenvalue weighted by molar-refractivity contribution is 6.39. The van der Waals surface area contributed by atoms with Crippen molar-refractivity contribution in [1.29, 1.82) is 5.26 Å². The van der Waals surface area contributed by atoms with Gasteiger partial charge in [0.05, 0.1) is 15.7 Å². The number of aromatic amines is 1. The summed E-state index contributed by atoms with van der Waals surface area (Å²) in [6.45, 7) is 1.86. The van der Waals surface area contributed by atoms with Crippen molar-refractivity contribution in [2.75, 3.05) is 5.32 Å². The van der Waals surface area contributed by atoms with Gasteiger partial charge in [0, 0.05) is 6.20 Å². The maximum Gasteiger partial charge on any atom is 0.216 e. The van der Waals surface area contributed by atoms with E-state index in [1.165, 1.54) is 6.20 Å². The zero-order valence-electron chi connectivity index (χ0n) is 9.78. The number of nitriles is 1. The smallest absolute Gasteiger partial charge is 0.216 e. The van der Waals surface area contributed by atoms with E-state index in [0.29, 0.717) is 15.7 Å². The number of nitrogens with zero attached hydrogens (tertiary/aromatic N) is 4. The van der Waals surface area contributed by atoms with Crippen LogP contribution >= 0.6 is 23.2 Å². The molecule has 0 aliphatic heterocycles. The van der Waals surface area contributed by atoms with Gasteiger partial charge in [-0.2, -0.15) is 10.5 Å². The Morgan fingerprint density at radius 1 is 1.47 bits per heavy atom. The number of tetrazole rings is 1. The monoisotopic (exact) mass is 294 g/mol. The molecule has 0 aliphatic rings. The molecule has 96 valence electrons. The molecule has 1 aromatic heterocycles. The Bertz CT molecular complexity index is 657. The molecule has 0 spiro atoms. The number of hydrogen-bond acceptors (Lipinski definition) is 5. The van der Waals surface area contributed by atoms with Crippen LogP contribution in [-0.2, 0) is 0 Å². The molecule has 0 unspecified atom stereocenters. The Kier molecular flexibility index (Phi) is 4.00. The molecule has 6 nitrogen and oxygen atoms in total. The molecule has 1 heterocycles. The molecule has 0 saturated carbocycles. The Morgan fingerprint density at radius 3 is 2.89 bits per heavy atom. The molecule has 0 fully saturated rings. The van der Waals surface area contributed by atoms with Crippen LogP contribution in [0.3, 0.4) is 0 Å². The summed E-state index contributed by atoms with van der Waals surface area (Å²) >= 11 is 12.2. The fourth-order valence-corrected chi connectivity index (χ4v) is 1.84. The highest BCUT2D eigenvalue weighted by Gasteiger charge is 2.09.